The van der Waals surface area contributed by atoms with E-state index in [2.05, 4.69) is 15.5 Å². The Bertz CT molecular complexity index is 532. The van der Waals surface area contributed by atoms with Crippen molar-refractivity contribution in [1.29, 1.82) is 0 Å². The van der Waals surface area contributed by atoms with Gasteiger partial charge in [-0.2, -0.15) is 4.98 Å². The molecule has 2 aliphatic rings. The first kappa shape index (κ1) is 17.2. The lowest BCUT2D eigenvalue weighted by molar-refractivity contribution is 0.107. The Morgan fingerprint density at radius 2 is 1.88 bits per heavy atom. The Morgan fingerprint density at radius 1 is 1.21 bits per heavy atom. The fourth-order valence-corrected chi connectivity index (χ4v) is 3.78. The van der Waals surface area contributed by atoms with Crippen LogP contribution in [0.3, 0.4) is 0 Å². The molecule has 24 heavy (non-hydrogen) atoms. The van der Waals surface area contributed by atoms with Crippen LogP contribution in [-0.2, 0) is 11.2 Å². The molecule has 0 unspecified atom stereocenters. The van der Waals surface area contributed by atoms with Gasteiger partial charge < -0.3 is 19.5 Å². The SMILES string of the molecule is CCc1noc(C2CCC(NC3CCN(C(=O)OC)CC3)CC2)n1. The van der Waals surface area contributed by atoms with Crippen molar-refractivity contribution in [2.24, 2.45) is 0 Å². The molecule has 7 heteroatoms. The zero-order valence-electron chi connectivity index (χ0n) is 14.7. The number of methoxy groups -OCH3 is 1. The third-order valence-corrected chi connectivity index (χ3v) is 5.28. The van der Waals surface area contributed by atoms with Gasteiger partial charge >= 0.3 is 6.09 Å². The minimum atomic E-state index is -0.208. The van der Waals surface area contributed by atoms with Gasteiger partial charge in [-0.1, -0.05) is 12.1 Å². The maximum atomic E-state index is 11.5. The van der Waals surface area contributed by atoms with Crippen LogP contribution in [0.1, 0.15) is 63.1 Å². The summed E-state index contributed by atoms with van der Waals surface area (Å²) in [4.78, 5) is 17.8. The summed E-state index contributed by atoms with van der Waals surface area (Å²) in [6.45, 7) is 3.60. The Labute approximate surface area is 143 Å². The zero-order chi connectivity index (χ0) is 16.9. The zero-order valence-corrected chi connectivity index (χ0v) is 14.7. The molecule has 1 aliphatic carbocycles. The van der Waals surface area contributed by atoms with Crippen LogP contribution in [0.2, 0.25) is 0 Å². The first-order valence-electron chi connectivity index (χ1n) is 9.11. The number of carbonyl (C=O) groups is 1. The van der Waals surface area contributed by atoms with Crippen LogP contribution in [0.15, 0.2) is 4.52 Å². The van der Waals surface area contributed by atoms with Crippen molar-refractivity contribution >= 4 is 6.09 Å². The number of nitrogens with one attached hydrogen (secondary N) is 1. The molecule has 1 saturated heterocycles. The van der Waals surface area contributed by atoms with E-state index in [1.807, 2.05) is 6.92 Å². The van der Waals surface area contributed by atoms with Gasteiger partial charge in [0.05, 0.1) is 7.11 Å². The molecule has 0 bridgehead atoms. The van der Waals surface area contributed by atoms with Gasteiger partial charge in [0.25, 0.3) is 0 Å². The van der Waals surface area contributed by atoms with Crippen molar-refractivity contribution in [2.45, 2.75) is 69.9 Å². The number of hydrogen-bond donors (Lipinski definition) is 1. The monoisotopic (exact) mass is 336 g/mol. The summed E-state index contributed by atoms with van der Waals surface area (Å²) in [5.41, 5.74) is 0. The summed E-state index contributed by atoms with van der Waals surface area (Å²) in [5.74, 6) is 2.04. The van der Waals surface area contributed by atoms with Gasteiger partial charge in [-0.3, -0.25) is 0 Å². The quantitative estimate of drug-likeness (QED) is 0.910. The average Bonchev–Trinajstić information content (AvgIpc) is 3.11. The standard InChI is InChI=1S/C17H28N4O3/c1-3-15-19-16(24-20-15)12-4-6-13(7-5-12)18-14-8-10-21(11-9-14)17(22)23-2/h12-14,18H,3-11H2,1-2H3. The normalized spacial score (nSPS) is 25.7. The van der Waals surface area contributed by atoms with E-state index >= 15 is 0 Å². The highest BCUT2D eigenvalue weighted by Crippen LogP contribution is 2.32. The van der Waals surface area contributed by atoms with Crippen LogP contribution in [0.4, 0.5) is 4.79 Å². The number of piperidine rings is 1. The highest BCUT2D eigenvalue weighted by Gasteiger charge is 2.29. The summed E-state index contributed by atoms with van der Waals surface area (Å²) in [6.07, 6.45) is 7.10. The molecule has 0 aromatic carbocycles. The second-order valence-corrected chi connectivity index (χ2v) is 6.85. The predicted molar refractivity (Wildman–Crippen MR) is 88.8 cm³/mol. The molecule has 1 aromatic rings. The fraction of sp³-hybridized carbons (Fsp3) is 0.824. The molecule has 7 nitrogen and oxygen atoms in total. The minimum Gasteiger partial charge on any atom is -0.453 e. The second kappa shape index (κ2) is 7.96. The first-order valence-corrected chi connectivity index (χ1v) is 9.11. The molecule has 1 saturated carbocycles. The van der Waals surface area contributed by atoms with Crippen LogP contribution in [-0.4, -0.2) is 53.4 Å². The molecule has 134 valence electrons. The van der Waals surface area contributed by atoms with Gasteiger partial charge in [0.2, 0.25) is 5.89 Å². The molecule has 0 atom stereocenters. The molecule has 2 heterocycles. The summed E-state index contributed by atoms with van der Waals surface area (Å²) in [7, 11) is 1.44. The Kier molecular flexibility index (Phi) is 5.71. The number of likely N-dealkylation sites (tertiary alicyclic amines) is 1. The van der Waals surface area contributed by atoms with E-state index in [0.717, 1.165) is 69.8 Å². The summed E-state index contributed by atoms with van der Waals surface area (Å²) in [6, 6.07) is 1.06. The molecular weight excluding hydrogens is 308 g/mol. The second-order valence-electron chi connectivity index (χ2n) is 6.85. The predicted octanol–water partition coefficient (Wildman–Crippen LogP) is 2.48. The smallest absolute Gasteiger partial charge is 0.409 e. The number of rotatable bonds is 4. The highest BCUT2D eigenvalue weighted by atomic mass is 16.5. The molecule has 0 spiro atoms. The van der Waals surface area contributed by atoms with Gasteiger partial charge in [0.1, 0.15) is 0 Å². The topological polar surface area (TPSA) is 80.5 Å². The van der Waals surface area contributed by atoms with E-state index in [4.69, 9.17) is 9.26 Å². The lowest BCUT2D eigenvalue weighted by Crippen LogP contribution is -2.48. The average molecular weight is 336 g/mol. The highest BCUT2D eigenvalue weighted by molar-refractivity contribution is 5.67. The van der Waals surface area contributed by atoms with Crippen molar-refractivity contribution < 1.29 is 14.1 Å². The largest absolute Gasteiger partial charge is 0.453 e. The van der Waals surface area contributed by atoms with Crippen molar-refractivity contribution in [2.75, 3.05) is 20.2 Å². The van der Waals surface area contributed by atoms with Crippen LogP contribution in [0, 0.1) is 0 Å². The van der Waals surface area contributed by atoms with Crippen molar-refractivity contribution in [3.63, 3.8) is 0 Å². The van der Waals surface area contributed by atoms with E-state index < -0.39 is 0 Å². The van der Waals surface area contributed by atoms with E-state index in [1.165, 1.54) is 7.11 Å². The number of aryl methyl sites for hydroxylation is 1. The van der Waals surface area contributed by atoms with Crippen molar-refractivity contribution in [1.82, 2.24) is 20.4 Å². The third-order valence-electron chi connectivity index (χ3n) is 5.28. The third kappa shape index (κ3) is 4.06. The van der Waals surface area contributed by atoms with Gasteiger partial charge in [-0.15, -0.1) is 0 Å². The molecule has 2 fully saturated rings. The first-order chi connectivity index (χ1) is 11.7. The van der Waals surface area contributed by atoms with E-state index in [9.17, 15) is 4.79 Å². The lowest BCUT2D eigenvalue weighted by atomic mass is 9.85. The number of carbonyl (C=O) groups excluding carboxylic acids is 1. The van der Waals surface area contributed by atoms with Crippen molar-refractivity contribution in [3.05, 3.63) is 11.7 Å². The number of aromatic nitrogens is 2. The van der Waals surface area contributed by atoms with Crippen LogP contribution < -0.4 is 5.32 Å². The Balaban J connectivity index is 1.40. The maximum absolute atomic E-state index is 11.5. The Hall–Kier alpha value is -1.63. The van der Waals surface area contributed by atoms with Gasteiger partial charge in [-0.25, -0.2) is 4.79 Å². The minimum absolute atomic E-state index is 0.208. The number of hydrogen-bond acceptors (Lipinski definition) is 6. The van der Waals surface area contributed by atoms with Crippen molar-refractivity contribution in [3.8, 4) is 0 Å². The molecule has 1 aromatic heterocycles. The number of nitrogens with zero attached hydrogens (tertiary/aromatic N) is 3. The molecule has 3 rings (SSSR count). The fourth-order valence-electron chi connectivity index (χ4n) is 3.78. The number of amides is 1. The lowest BCUT2D eigenvalue weighted by Gasteiger charge is -2.35. The van der Waals surface area contributed by atoms with Crippen LogP contribution >= 0.6 is 0 Å². The Morgan fingerprint density at radius 3 is 2.46 bits per heavy atom. The summed E-state index contributed by atoms with van der Waals surface area (Å²) < 4.78 is 10.2. The van der Waals surface area contributed by atoms with E-state index in [-0.39, 0.29) is 6.09 Å². The molecule has 1 aliphatic heterocycles. The van der Waals surface area contributed by atoms with Crippen LogP contribution in [0.25, 0.3) is 0 Å². The molecular formula is C17H28N4O3. The maximum Gasteiger partial charge on any atom is 0.409 e. The number of ether oxygens (including phenoxy) is 1. The molecule has 1 amide bonds. The summed E-state index contributed by atoms with van der Waals surface area (Å²) >= 11 is 0. The van der Waals surface area contributed by atoms with E-state index in [1.54, 1.807) is 4.90 Å². The van der Waals surface area contributed by atoms with Crippen LogP contribution in [0.5, 0.6) is 0 Å². The molecule has 1 N–H and O–H groups in total. The molecule has 0 radical (unpaired) electrons. The van der Waals surface area contributed by atoms with Gasteiger partial charge in [0, 0.05) is 37.5 Å². The van der Waals surface area contributed by atoms with Gasteiger partial charge in [-0.05, 0) is 38.5 Å². The van der Waals surface area contributed by atoms with Gasteiger partial charge in [0.15, 0.2) is 5.82 Å². The van der Waals surface area contributed by atoms with E-state index in [0.29, 0.717) is 18.0 Å². The summed E-state index contributed by atoms with van der Waals surface area (Å²) in [5, 5.41) is 7.78.